The number of ether oxygens (including phenoxy) is 2. The van der Waals surface area contributed by atoms with Crippen LogP contribution in [0, 0.1) is 28.7 Å². The van der Waals surface area contributed by atoms with Gasteiger partial charge in [-0.05, 0) is 36.7 Å². The second-order valence-corrected chi connectivity index (χ2v) is 15.9. The molecule has 0 aliphatic carbocycles. The van der Waals surface area contributed by atoms with Crippen LogP contribution in [-0.4, -0.2) is 36.6 Å². The van der Waals surface area contributed by atoms with Gasteiger partial charge in [-0.1, -0.05) is 19.6 Å². The fourth-order valence-electron chi connectivity index (χ4n) is 4.28. The predicted octanol–water partition coefficient (Wildman–Crippen LogP) is 5.96. The van der Waals surface area contributed by atoms with E-state index in [1.807, 2.05) is 17.7 Å². The minimum absolute atomic E-state index is 0.162. The number of non-ortho nitro benzene ring substituents is 1. The Hall–Kier alpha value is -3.57. The Bertz CT molecular complexity index is 1350. The molecule has 1 amide bonds. The van der Waals surface area contributed by atoms with Crippen LogP contribution < -0.4 is 10.1 Å². The van der Waals surface area contributed by atoms with Crippen LogP contribution in [0.2, 0.25) is 25.7 Å². The molecule has 0 radical (unpaired) electrons. The molecule has 196 valence electrons. The average Bonchev–Trinajstić information content (AvgIpc) is 3.15. The molecule has 0 saturated carbocycles. The van der Waals surface area contributed by atoms with Crippen LogP contribution in [-0.2, 0) is 11.5 Å². The molecule has 1 aliphatic rings. The molecule has 0 bridgehead atoms. The molecule has 2 aromatic carbocycles. The third-order valence-electron chi connectivity index (χ3n) is 6.37. The summed E-state index contributed by atoms with van der Waals surface area (Å²) >= 11 is 0. The van der Waals surface area contributed by atoms with Gasteiger partial charge in [-0.25, -0.2) is 8.78 Å². The van der Waals surface area contributed by atoms with E-state index in [0.717, 1.165) is 18.2 Å². The Labute approximate surface area is 214 Å². The summed E-state index contributed by atoms with van der Waals surface area (Å²) in [6.45, 7) is 9.66. The van der Waals surface area contributed by atoms with Gasteiger partial charge in [-0.2, -0.15) is 0 Å². The van der Waals surface area contributed by atoms with Gasteiger partial charge in [-0.15, -0.1) is 0 Å². The van der Waals surface area contributed by atoms with Crippen molar-refractivity contribution >= 4 is 19.7 Å². The number of aromatic nitrogens is 1. The van der Waals surface area contributed by atoms with E-state index in [-0.39, 0.29) is 36.4 Å². The van der Waals surface area contributed by atoms with E-state index in [4.69, 9.17) is 9.47 Å². The van der Waals surface area contributed by atoms with Crippen molar-refractivity contribution in [3.05, 3.63) is 86.7 Å². The molecule has 1 aromatic heterocycles. The van der Waals surface area contributed by atoms with Gasteiger partial charge in [0.25, 0.3) is 11.6 Å². The van der Waals surface area contributed by atoms with Crippen LogP contribution in [0.25, 0.3) is 0 Å². The highest BCUT2D eigenvalue weighted by Gasteiger charge is 2.33. The number of nitro groups is 1. The number of hydrogen-bond donors (Lipinski definition) is 1. The van der Waals surface area contributed by atoms with Gasteiger partial charge >= 0.3 is 0 Å². The lowest BCUT2D eigenvalue weighted by Crippen LogP contribution is -2.35. The Morgan fingerprint density at radius 3 is 2.54 bits per heavy atom. The van der Waals surface area contributed by atoms with E-state index in [0.29, 0.717) is 35.1 Å². The first kappa shape index (κ1) is 26.5. The summed E-state index contributed by atoms with van der Waals surface area (Å²) in [5.74, 6) is -2.46. The predicted molar refractivity (Wildman–Crippen MR) is 137 cm³/mol. The van der Waals surface area contributed by atoms with Crippen molar-refractivity contribution in [1.29, 1.82) is 0 Å². The topological polar surface area (TPSA) is 95.6 Å². The summed E-state index contributed by atoms with van der Waals surface area (Å²) in [5.41, 5.74) is 2.07. The van der Waals surface area contributed by atoms with Gasteiger partial charge < -0.3 is 19.4 Å². The van der Waals surface area contributed by atoms with Crippen LogP contribution >= 0.6 is 0 Å². The SMILES string of the molecule is Cc1c2c(cn1COCC[Si](C)(C)C)C(c1cc([N+](=O)[O-])ccc1Oc1ccc(F)cc1F)CNC2=O. The summed E-state index contributed by atoms with van der Waals surface area (Å²) in [7, 11) is -1.26. The van der Waals surface area contributed by atoms with Crippen LogP contribution in [0.15, 0.2) is 42.6 Å². The van der Waals surface area contributed by atoms with Gasteiger partial charge in [0.1, 0.15) is 18.3 Å². The third kappa shape index (κ3) is 5.88. The molecule has 1 aliphatic heterocycles. The summed E-state index contributed by atoms with van der Waals surface area (Å²) in [4.78, 5) is 23.8. The number of hydrogen-bond acceptors (Lipinski definition) is 5. The number of nitro benzene ring substituents is 1. The van der Waals surface area contributed by atoms with Gasteiger partial charge in [0.15, 0.2) is 11.6 Å². The second kappa shape index (κ2) is 10.4. The average molecular weight is 530 g/mol. The lowest BCUT2D eigenvalue weighted by Gasteiger charge is -2.25. The first-order chi connectivity index (χ1) is 17.4. The van der Waals surface area contributed by atoms with Crippen LogP contribution in [0.5, 0.6) is 11.5 Å². The highest BCUT2D eigenvalue weighted by molar-refractivity contribution is 6.76. The van der Waals surface area contributed by atoms with E-state index >= 15 is 0 Å². The zero-order valence-corrected chi connectivity index (χ0v) is 22.1. The van der Waals surface area contributed by atoms with Crippen molar-refractivity contribution in [1.82, 2.24) is 9.88 Å². The number of halogens is 2. The largest absolute Gasteiger partial charge is 0.454 e. The molecule has 8 nitrogen and oxygen atoms in total. The lowest BCUT2D eigenvalue weighted by atomic mass is 9.86. The molecule has 2 heterocycles. The number of nitrogens with zero attached hydrogens (tertiary/aromatic N) is 2. The van der Waals surface area contributed by atoms with E-state index in [1.165, 1.54) is 18.2 Å². The summed E-state index contributed by atoms with van der Waals surface area (Å²) in [6.07, 6.45) is 1.82. The summed E-state index contributed by atoms with van der Waals surface area (Å²) in [5, 5.41) is 14.4. The summed E-state index contributed by atoms with van der Waals surface area (Å²) in [6, 6.07) is 7.92. The summed E-state index contributed by atoms with van der Waals surface area (Å²) < 4.78 is 41.2. The van der Waals surface area contributed by atoms with E-state index in [1.54, 1.807) is 0 Å². The fraction of sp³-hybridized carbons (Fsp3) is 0.346. The maximum absolute atomic E-state index is 14.3. The van der Waals surface area contributed by atoms with Gasteiger partial charge in [0.2, 0.25) is 0 Å². The Balaban J connectivity index is 1.71. The van der Waals surface area contributed by atoms with Crippen molar-refractivity contribution < 1.29 is 28.0 Å². The maximum atomic E-state index is 14.3. The monoisotopic (exact) mass is 529 g/mol. The smallest absolute Gasteiger partial charge is 0.269 e. The molecule has 11 heteroatoms. The number of carbonyl (C=O) groups is 1. The molecular weight excluding hydrogens is 500 g/mol. The van der Waals surface area contributed by atoms with Crippen molar-refractivity contribution in [2.45, 2.75) is 45.3 Å². The number of carbonyl (C=O) groups excluding carboxylic acids is 1. The molecule has 3 aromatic rings. The van der Waals surface area contributed by atoms with Gasteiger partial charge in [-0.3, -0.25) is 14.9 Å². The number of amides is 1. The molecule has 1 N–H and O–H groups in total. The second-order valence-electron chi connectivity index (χ2n) is 10.3. The number of nitrogens with one attached hydrogen (secondary N) is 1. The zero-order valence-electron chi connectivity index (χ0n) is 21.1. The van der Waals surface area contributed by atoms with Crippen molar-refractivity contribution in [3.8, 4) is 11.5 Å². The normalized spacial score (nSPS) is 15.3. The minimum atomic E-state index is -1.26. The van der Waals surface area contributed by atoms with Crippen LogP contribution in [0.3, 0.4) is 0 Å². The standard InChI is InChI=1S/C26H29F2N3O5Si/c1-16-25-21(14-30(16)15-35-9-10-37(2,3)4)20(13-29-26(25)32)19-12-18(31(33)34)6-8-23(19)36-24-7-5-17(27)11-22(24)28/h5-8,11-12,14,20H,9-10,13,15H2,1-4H3,(H,29,32). The van der Waals surface area contributed by atoms with Crippen LogP contribution in [0.1, 0.15) is 33.1 Å². The van der Waals surface area contributed by atoms with E-state index < -0.39 is 30.5 Å². The Morgan fingerprint density at radius 1 is 1.14 bits per heavy atom. The molecule has 0 fully saturated rings. The first-order valence-corrected chi connectivity index (χ1v) is 15.6. The molecule has 37 heavy (non-hydrogen) atoms. The number of fused-ring (bicyclic) bond motifs is 1. The van der Waals surface area contributed by atoms with E-state index in [9.17, 15) is 23.7 Å². The molecule has 1 unspecified atom stereocenters. The van der Waals surface area contributed by atoms with Crippen molar-refractivity contribution in [2.75, 3.05) is 13.2 Å². The van der Waals surface area contributed by atoms with Crippen molar-refractivity contribution in [3.63, 3.8) is 0 Å². The zero-order chi connectivity index (χ0) is 26.9. The lowest BCUT2D eigenvalue weighted by molar-refractivity contribution is -0.384. The van der Waals surface area contributed by atoms with E-state index in [2.05, 4.69) is 25.0 Å². The van der Waals surface area contributed by atoms with Gasteiger partial charge in [0.05, 0.1) is 10.5 Å². The highest BCUT2D eigenvalue weighted by atomic mass is 28.3. The number of benzene rings is 2. The maximum Gasteiger partial charge on any atom is 0.269 e. The fourth-order valence-corrected chi connectivity index (χ4v) is 5.04. The molecule has 4 rings (SSSR count). The first-order valence-electron chi connectivity index (χ1n) is 11.9. The minimum Gasteiger partial charge on any atom is -0.454 e. The molecule has 0 saturated heterocycles. The Kier molecular flexibility index (Phi) is 7.46. The highest BCUT2D eigenvalue weighted by Crippen LogP contribution is 2.41. The molecular formula is C26H29F2N3O5Si. The third-order valence-corrected chi connectivity index (χ3v) is 8.07. The quantitative estimate of drug-likeness (QED) is 0.160. The molecule has 0 spiro atoms. The van der Waals surface area contributed by atoms with Gasteiger partial charge in [0, 0.05) is 62.8 Å². The van der Waals surface area contributed by atoms with Crippen molar-refractivity contribution in [2.24, 2.45) is 0 Å². The molecule has 1 atom stereocenters. The number of rotatable bonds is 9. The van der Waals surface area contributed by atoms with Crippen LogP contribution in [0.4, 0.5) is 14.5 Å². The Morgan fingerprint density at radius 2 is 1.86 bits per heavy atom.